The zero-order valence-corrected chi connectivity index (χ0v) is 13.2. The van der Waals surface area contributed by atoms with Crippen molar-refractivity contribution in [2.75, 3.05) is 11.9 Å². The average Bonchev–Trinajstić information content (AvgIpc) is 2.40. The van der Waals surface area contributed by atoms with E-state index in [1.807, 2.05) is 39.0 Å². The molecule has 0 amide bonds. The Morgan fingerprint density at radius 3 is 2.70 bits per heavy atom. The standard InChI is InChI=1S/C15H24ClN3O/c1-11-7-6-8-12(16)13(11)18-10-5-4-9-15(2,3)14(17)19-20/h6-8,18,20H,4-5,9-10H2,1-3H3,(H2,17,19). The van der Waals surface area contributed by atoms with E-state index in [0.717, 1.165) is 42.1 Å². The second-order valence-corrected chi connectivity index (χ2v) is 6.09. The Morgan fingerprint density at radius 1 is 1.40 bits per heavy atom. The molecule has 0 saturated carbocycles. The van der Waals surface area contributed by atoms with Crippen molar-refractivity contribution in [1.29, 1.82) is 0 Å². The van der Waals surface area contributed by atoms with Crippen LogP contribution in [0.3, 0.4) is 0 Å². The average molecular weight is 298 g/mol. The maximum atomic E-state index is 8.72. The summed E-state index contributed by atoms with van der Waals surface area (Å²) in [5.41, 5.74) is 7.55. The van der Waals surface area contributed by atoms with Crippen LogP contribution in [0.25, 0.3) is 0 Å². The number of para-hydroxylation sites is 1. The summed E-state index contributed by atoms with van der Waals surface area (Å²) in [7, 11) is 0. The van der Waals surface area contributed by atoms with Gasteiger partial charge in [0.15, 0.2) is 0 Å². The summed E-state index contributed by atoms with van der Waals surface area (Å²) >= 11 is 6.15. The number of anilines is 1. The van der Waals surface area contributed by atoms with E-state index in [1.165, 1.54) is 0 Å². The Kier molecular flexibility index (Phi) is 6.14. The zero-order valence-electron chi connectivity index (χ0n) is 12.4. The fourth-order valence-corrected chi connectivity index (χ4v) is 2.31. The summed E-state index contributed by atoms with van der Waals surface area (Å²) in [6, 6.07) is 5.87. The van der Waals surface area contributed by atoms with Crippen LogP contribution in [0.5, 0.6) is 0 Å². The van der Waals surface area contributed by atoms with Crippen molar-refractivity contribution in [3.8, 4) is 0 Å². The number of rotatable bonds is 7. The van der Waals surface area contributed by atoms with Crippen LogP contribution < -0.4 is 11.1 Å². The number of hydrogen-bond acceptors (Lipinski definition) is 3. The monoisotopic (exact) mass is 297 g/mol. The highest BCUT2D eigenvalue weighted by atomic mass is 35.5. The molecule has 1 rings (SSSR count). The minimum Gasteiger partial charge on any atom is -0.409 e. The topological polar surface area (TPSA) is 70.6 Å². The molecule has 4 N–H and O–H groups in total. The molecule has 0 bridgehead atoms. The van der Waals surface area contributed by atoms with Crippen molar-refractivity contribution in [3.63, 3.8) is 0 Å². The minimum atomic E-state index is -0.269. The van der Waals surface area contributed by atoms with E-state index in [9.17, 15) is 0 Å². The maximum absolute atomic E-state index is 8.72. The lowest BCUT2D eigenvalue weighted by atomic mass is 9.86. The number of unbranched alkanes of at least 4 members (excludes halogenated alkanes) is 1. The number of halogens is 1. The summed E-state index contributed by atoms with van der Waals surface area (Å²) in [4.78, 5) is 0. The Bertz CT molecular complexity index is 452. The minimum absolute atomic E-state index is 0.269. The molecule has 0 saturated heterocycles. The number of oxime groups is 1. The summed E-state index contributed by atoms with van der Waals surface area (Å²) in [6.07, 6.45) is 2.89. The van der Waals surface area contributed by atoms with Gasteiger partial charge in [0, 0.05) is 12.0 Å². The largest absolute Gasteiger partial charge is 0.409 e. The van der Waals surface area contributed by atoms with Crippen molar-refractivity contribution in [2.45, 2.75) is 40.0 Å². The van der Waals surface area contributed by atoms with Crippen LogP contribution in [0.1, 0.15) is 38.7 Å². The lowest BCUT2D eigenvalue weighted by molar-refractivity contribution is 0.304. The smallest absolute Gasteiger partial charge is 0.144 e. The Labute approximate surface area is 126 Å². The van der Waals surface area contributed by atoms with Crippen molar-refractivity contribution in [3.05, 3.63) is 28.8 Å². The molecule has 0 aliphatic carbocycles. The summed E-state index contributed by atoms with van der Waals surface area (Å²) in [5, 5.41) is 15.9. The number of benzene rings is 1. The lowest BCUT2D eigenvalue weighted by Gasteiger charge is -2.22. The van der Waals surface area contributed by atoms with Gasteiger partial charge in [-0.2, -0.15) is 0 Å². The van der Waals surface area contributed by atoms with Crippen LogP contribution in [-0.4, -0.2) is 17.6 Å². The quantitative estimate of drug-likeness (QED) is 0.234. The third kappa shape index (κ3) is 4.60. The molecule has 5 heteroatoms. The van der Waals surface area contributed by atoms with Gasteiger partial charge in [-0.1, -0.05) is 49.2 Å². The van der Waals surface area contributed by atoms with Crippen molar-refractivity contribution < 1.29 is 5.21 Å². The number of nitrogens with one attached hydrogen (secondary N) is 1. The number of nitrogens with two attached hydrogens (primary N) is 1. The molecule has 0 unspecified atom stereocenters. The molecule has 0 aliphatic heterocycles. The normalized spacial score (nSPS) is 12.5. The van der Waals surface area contributed by atoms with Gasteiger partial charge in [-0.05, 0) is 31.4 Å². The molecule has 0 spiro atoms. The van der Waals surface area contributed by atoms with Crippen LogP contribution in [0.2, 0.25) is 5.02 Å². The first-order valence-electron chi connectivity index (χ1n) is 6.85. The van der Waals surface area contributed by atoms with Gasteiger partial charge in [-0.15, -0.1) is 0 Å². The molecule has 0 aliphatic rings. The first-order valence-corrected chi connectivity index (χ1v) is 7.23. The molecule has 1 aromatic rings. The van der Waals surface area contributed by atoms with Crippen LogP contribution in [0, 0.1) is 12.3 Å². The third-order valence-corrected chi connectivity index (χ3v) is 3.87. The van der Waals surface area contributed by atoms with Gasteiger partial charge in [0.05, 0.1) is 10.7 Å². The van der Waals surface area contributed by atoms with Crippen LogP contribution in [0.4, 0.5) is 5.69 Å². The summed E-state index contributed by atoms with van der Waals surface area (Å²) in [5.74, 6) is 0.285. The molecular weight excluding hydrogens is 274 g/mol. The van der Waals surface area contributed by atoms with Crippen molar-refractivity contribution >= 4 is 23.1 Å². The highest BCUT2D eigenvalue weighted by Crippen LogP contribution is 2.26. The number of aryl methyl sites for hydroxylation is 1. The maximum Gasteiger partial charge on any atom is 0.144 e. The number of amidine groups is 1. The van der Waals surface area contributed by atoms with Crippen molar-refractivity contribution in [1.82, 2.24) is 0 Å². The van der Waals surface area contributed by atoms with E-state index >= 15 is 0 Å². The molecule has 0 atom stereocenters. The summed E-state index contributed by atoms with van der Waals surface area (Å²) in [6.45, 7) is 6.86. The molecule has 1 aromatic carbocycles. The predicted molar refractivity (Wildman–Crippen MR) is 85.7 cm³/mol. The molecule has 4 nitrogen and oxygen atoms in total. The Balaban J connectivity index is 2.36. The molecule has 0 fully saturated rings. The number of hydrogen-bond donors (Lipinski definition) is 3. The molecule has 0 heterocycles. The van der Waals surface area contributed by atoms with Gasteiger partial charge in [0.1, 0.15) is 5.84 Å². The first kappa shape index (κ1) is 16.6. The number of nitrogens with zero attached hydrogens (tertiary/aromatic N) is 1. The highest BCUT2D eigenvalue weighted by Gasteiger charge is 2.22. The highest BCUT2D eigenvalue weighted by molar-refractivity contribution is 6.33. The van der Waals surface area contributed by atoms with Gasteiger partial charge < -0.3 is 16.3 Å². The van der Waals surface area contributed by atoms with E-state index in [4.69, 9.17) is 22.5 Å². The molecule has 20 heavy (non-hydrogen) atoms. The lowest BCUT2D eigenvalue weighted by Crippen LogP contribution is -2.31. The molecule has 0 radical (unpaired) electrons. The van der Waals surface area contributed by atoms with Crippen LogP contribution >= 0.6 is 11.6 Å². The van der Waals surface area contributed by atoms with Gasteiger partial charge in [0.25, 0.3) is 0 Å². The fraction of sp³-hybridized carbons (Fsp3) is 0.533. The third-order valence-electron chi connectivity index (χ3n) is 3.55. The van der Waals surface area contributed by atoms with Gasteiger partial charge >= 0.3 is 0 Å². The molecular formula is C15H24ClN3O. The van der Waals surface area contributed by atoms with Gasteiger partial charge in [0.2, 0.25) is 0 Å². The van der Waals surface area contributed by atoms with E-state index < -0.39 is 0 Å². The first-order chi connectivity index (χ1) is 9.38. The van der Waals surface area contributed by atoms with Gasteiger partial charge in [-0.3, -0.25) is 0 Å². The SMILES string of the molecule is Cc1cccc(Cl)c1NCCCCC(C)(C)/C(N)=N/O. The van der Waals surface area contributed by atoms with E-state index in [0.29, 0.717) is 0 Å². The van der Waals surface area contributed by atoms with Crippen molar-refractivity contribution in [2.24, 2.45) is 16.3 Å². The fourth-order valence-electron chi connectivity index (χ4n) is 2.02. The molecule has 0 aromatic heterocycles. The van der Waals surface area contributed by atoms with Gasteiger partial charge in [-0.25, -0.2) is 0 Å². The Hall–Kier alpha value is -1.42. The van der Waals surface area contributed by atoms with Crippen LogP contribution in [0.15, 0.2) is 23.4 Å². The Morgan fingerprint density at radius 2 is 2.10 bits per heavy atom. The van der Waals surface area contributed by atoms with E-state index in [1.54, 1.807) is 0 Å². The second-order valence-electron chi connectivity index (χ2n) is 5.68. The van der Waals surface area contributed by atoms with Crippen LogP contribution in [-0.2, 0) is 0 Å². The second kappa shape index (κ2) is 7.39. The van der Waals surface area contributed by atoms with E-state index in [2.05, 4.69) is 10.5 Å². The predicted octanol–water partition coefficient (Wildman–Crippen LogP) is 4.00. The summed E-state index contributed by atoms with van der Waals surface area (Å²) < 4.78 is 0. The van der Waals surface area contributed by atoms with E-state index in [-0.39, 0.29) is 11.3 Å². The zero-order chi connectivity index (χ0) is 15.2. The molecule has 112 valence electrons.